The number of benzene rings is 1. The predicted molar refractivity (Wildman–Crippen MR) is 62.1 cm³/mol. The molecule has 0 aliphatic rings. The Bertz CT molecular complexity index is 563. The number of nitrogens with one attached hydrogen (secondary N) is 1. The molecule has 84 valence electrons. The standard InChI is InChI=1S/C11H12N3O2/c1-2-12-7-10-13-9-6-4-3-5-8(9)11(15)14(10)16/h3-6,12H,2,7H2,1H3/q-1. The van der Waals surface area contributed by atoms with Crippen LogP contribution in [0, 0.1) is 5.21 Å². The normalized spacial score (nSPS) is 10.8. The van der Waals surface area contributed by atoms with Gasteiger partial charge in [-0.25, -0.2) is 4.98 Å². The molecule has 0 unspecified atom stereocenters. The maximum Gasteiger partial charge on any atom is 0.256 e. The minimum atomic E-state index is -0.543. The largest absolute Gasteiger partial charge is 0.802 e. The Labute approximate surface area is 92.3 Å². The van der Waals surface area contributed by atoms with E-state index in [4.69, 9.17) is 0 Å². The number of hydrogen-bond acceptors (Lipinski definition) is 4. The molecule has 5 nitrogen and oxygen atoms in total. The van der Waals surface area contributed by atoms with Gasteiger partial charge in [0.2, 0.25) is 0 Å². The third-order valence-corrected chi connectivity index (χ3v) is 2.34. The Morgan fingerprint density at radius 1 is 1.44 bits per heavy atom. The summed E-state index contributed by atoms with van der Waals surface area (Å²) in [6, 6.07) is 6.85. The molecule has 1 heterocycles. The van der Waals surface area contributed by atoms with Crippen LogP contribution in [0.25, 0.3) is 10.9 Å². The molecule has 0 fully saturated rings. The van der Waals surface area contributed by atoms with Crippen LogP contribution < -0.4 is 10.9 Å². The minimum absolute atomic E-state index is 0.213. The lowest BCUT2D eigenvalue weighted by Gasteiger charge is -2.16. The number of para-hydroxylation sites is 1. The van der Waals surface area contributed by atoms with Crippen molar-refractivity contribution < 1.29 is 0 Å². The fourth-order valence-electron chi connectivity index (χ4n) is 1.51. The Hall–Kier alpha value is -1.88. The highest BCUT2D eigenvalue weighted by molar-refractivity contribution is 5.77. The van der Waals surface area contributed by atoms with Crippen LogP contribution in [-0.2, 0) is 6.54 Å². The smallest absolute Gasteiger partial charge is 0.256 e. The lowest BCUT2D eigenvalue weighted by atomic mass is 10.2. The van der Waals surface area contributed by atoms with Crippen LogP contribution in [-0.4, -0.2) is 16.3 Å². The maximum absolute atomic E-state index is 11.7. The summed E-state index contributed by atoms with van der Waals surface area (Å²) in [5.74, 6) is 0.213. The van der Waals surface area contributed by atoms with Crippen LogP contribution in [0.2, 0.25) is 0 Å². The molecule has 0 saturated heterocycles. The van der Waals surface area contributed by atoms with Crippen LogP contribution in [0.5, 0.6) is 0 Å². The second kappa shape index (κ2) is 4.32. The van der Waals surface area contributed by atoms with Crippen LogP contribution in [0.15, 0.2) is 29.1 Å². The molecule has 0 radical (unpaired) electrons. The van der Waals surface area contributed by atoms with Gasteiger partial charge in [0.1, 0.15) is 5.82 Å². The zero-order valence-electron chi connectivity index (χ0n) is 8.93. The molecule has 2 rings (SSSR count). The molecule has 1 N–H and O–H groups in total. The first-order chi connectivity index (χ1) is 7.74. The van der Waals surface area contributed by atoms with Crippen molar-refractivity contribution in [1.82, 2.24) is 15.0 Å². The summed E-state index contributed by atoms with van der Waals surface area (Å²) in [7, 11) is 0. The molecule has 0 aliphatic carbocycles. The van der Waals surface area contributed by atoms with Crippen molar-refractivity contribution in [2.45, 2.75) is 13.5 Å². The average molecular weight is 218 g/mol. The highest BCUT2D eigenvalue weighted by Gasteiger charge is 2.04. The predicted octanol–water partition coefficient (Wildman–Crippen LogP) is 0.852. The second-order valence-corrected chi connectivity index (χ2v) is 3.43. The Morgan fingerprint density at radius 3 is 2.94 bits per heavy atom. The van der Waals surface area contributed by atoms with Crippen molar-refractivity contribution in [3.05, 3.63) is 45.7 Å². The molecular weight excluding hydrogens is 206 g/mol. The topological polar surface area (TPSA) is 70.0 Å². The lowest BCUT2D eigenvalue weighted by Crippen LogP contribution is -2.25. The second-order valence-electron chi connectivity index (χ2n) is 3.43. The summed E-state index contributed by atoms with van der Waals surface area (Å²) in [5.41, 5.74) is 0.0195. The average Bonchev–Trinajstić information content (AvgIpc) is 2.32. The number of hydrogen-bond donors (Lipinski definition) is 1. The van der Waals surface area contributed by atoms with Gasteiger partial charge in [-0.15, -0.1) is 0 Å². The third-order valence-electron chi connectivity index (χ3n) is 2.34. The van der Waals surface area contributed by atoms with E-state index in [1.807, 2.05) is 6.92 Å². The number of nitrogens with zero attached hydrogens (tertiary/aromatic N) is 2. The van der Waals surface area contributed by atoms with E-state index in [1.165, 1.54) is 0 Å². The van der Waals surface area contributed by atoms with Crippen molar-refractivity contribution in [1.29, 1.82) is 0 Å². The molecule has 0 spiro atoms. The Balaban J connectivity index is 2.60. The number of fused-ring (bicyclic) bond motifs is 1. The van der Waals surface area contributed by atoms with E-state index in [9.17, 15) is 10.0 Å². The van der Waals surface area contributed by atoms with Gasteiger partial charge in [0.25, 0.3) is 5.56 Å². The monoisotopic (exact) mass is 218 g/mol. The first-order valence-corrected chi connectivity index (χ1v) is 5.13. The third kappa shape index (κ3) is 1.77. The molecule has 5 heteroatoms. The summed E-state index contributed by atoms with van der Waals surface area (Å²) < 4.78 is 0.352. The molecule has 0 aliphatic heterocycles. The zero-order valence-corrected chi connectivity index (χ0v) is 8.93. The molecule has 1 aromatic heterocycles. The number of aromatic nitrogens is 2. The van der Waals surface area contributed by atoms with E-state index in [0.29, 0.717) is 22.2 Å². The molecule has 2 aromatic rings. The van der Waals surface area contributed by atoms with Gasteiger partial charge in [-0.3, -0.25) is 4.79 Å². The molecule has 0 bridgehead atoms. The minimum Gasteiger partial charge on any atom is -0.802 e. The van der Waals surface area contributed by atoms with Crippen LogP contribution in [0.3, 0.4) is 0 Å². The van der Waals surface area contributed by atoms with E-state index in [-0.39, 0.29) is 5.82 Å². The van der Waals surface area contributed by atoms with E-state index >= 15 is 0 Å². The zero-order chi connectivity index (χ0) is 11.5. The SMILES string of the molecule is CCNCc1nc2ccccc2c(=O)n1[O-]. The van der Waals surface area contributed by atoms with Crippen molar-refractivity contribution >= 4 is 10.9 Å². The lowest BCUT2D eigenvalue weighted by molar-refractivity contribution is 0.667. The van der Waals surface area contributed by atoms with Gasteiger partial charge in [-0.2, -0.15) is 0 Å². The Kier molecular flexibility index (Phi) is 2.87. The quantitative estimate of drug-likeness (QED) is 0.829. The molecule has 1 aromatic carbocycles. The van der Waals surface area contributed by atoms with E-state index < -0.39 is 5.56 Å². The first-order valence-electron chi connectivity index (χ1n) is 5.13. The Morgan fingerprint density at radius 2 is 2.19 bits per heavy atom. The summed E-state index contributed by atoms with van der Waals surface area (Å²) >= 11 is 0. The van der Waals surface area contributed by atoms with Crippen molar-refractivity contribution in [3.63, 3.8) is 0 Å². The van der Waals surface area contributed by atoms with E-state index in [0.717, 1.165) is 6.54 Å². The van der Waals surface area contributed by atoms with Crippen molar-refractivity contribution in [2.75, 3.05) is 6.54 Å². The van der Waals surface area contributed by atoms with Gasteiger partial charge in [0.15, 0.2) is 0 Å². The summed E-state index contributed by atoms with van der Waals surface area (Å²) in [6.07, 6.45) is 0. The van der Waals surface area contributed by atoms with Gasteiger partial charge >= 0.3 is 0 Å². The van der Waals surface area contributed by atoms with Gasteiger partial charge in [0, 0.05) is 0 Å². The maximum atomic E-state index is 11.7. The first kappa shape index (κ1) is 10.6. The van der Waals surface area contributed by atoms with Gasteiger partial charge in [0.05, 0.1) is 17.4 Å². The summed E-state index contributed by atoms with van der Waals surface area (Å²) in [5, 5.41) is 14.9. The van der Waals surface area contributed by atoms with Crippen LogP contribution in [0.1, 0.15) is 12.7 Å². The van der Waals surface area contributed by atoms with E-state index in [1.54, 1.807) is 24.3 Å². The molecule has 0 amide bonds. The molecule has 0 atom stereocenters. The van der Waals surface area contributed by atoms with Crippen molar-refractivity contribution in [2.24, 2.45) is 0 Å². The fourth-order valence-corrected chi connectivity index (χ4v) is 1.51. The van der Waals surface area contributed by atoms with Gasteiger partial charge < -0.3 is 15.3 Å². The van der Waals surface area contributed by atoms with Gasteiger partial charge in [-0.05, 0) is 18.7 Å². The molecular formula is C11H12N3O2-. The highest BCUT2D eigenvalue weighted by Crippen LogP contribution is 2.06. The van der Waals surface area contributed by atoms with Crippen molar-refractivity contribution in [3.8, 4) is 0 Å². The molecule has 0 saturated carbocycles. The van der Waals surface area contributed by atoms with Crippen LogP contribution >= 0.6 is 0 Å². The summed E-state index contributed by atoms with van der Waals surface area (Å²) in [6.45, 7) is 2.96. The summed E-state index contributed by atoms with van der Waals surface area (Å²) in [4.78, 5) is 15.9. The number of rotatable bonds is 3. The van der Waals surface area contributed by atoms with E-state index in [2.05, 4.69) is 10.3 Å². The highest BCUT2D eigenvalue weighted by atomic mass is 16.5. The van der Waals surface area contributed by atoms with Gasteiger partial charge in [-0.1, -0.05) is 19.1 Å². The van der Waals surface area contributed by atoms with Crippen LogP contribution in [0.4, 0.5) is 0 Å². The molecule has 16 heavy (non-hydrogen) atoms. The fraction of sp³-hybridized carbons (Fsp3) is 0.273.